The molecule has 1 atom stereocenters. The van der Waals surface area contributed by atoms with Crippen LogP contribution >= 0.6 is 0 Å². The third-order valence-corrected chi connectivity index (χ3v) is 4.74. The van der Waals surface area contributed by atoms with Gasteiger partial charge in [0.15, 0.2) is 9.84 Å². The first-order valence-corrected chi connectivity index (χ1v) is 7.80. The number of carbonyl (C=O) groups is 1. The summed E-state index contributed by atoms with van der Waals surface area (Å²) in [4.78, 5) is 12.7. The Labute approximate surface area is 107 Å². The summed E-state index contributed by atoms with van der Waals surface area (Å²) in [5.41, 5.74) is 0. The average Bonchev–Trinajstić information content (AvgIpc) is 2.25. The summed E-state index contributed by atoms with van der Waals surface area (Å²) in [6.07, 6.45) is 1.90. The highest BCUT2D eigenvalue weighted by Crippen LogP contribution is 2.16. The molecule has 7 heteroatoms. The molecule has 1 aliphatic rings. The Morgan fingerprint density at radius 2 is 2.17 bits per heavy atom. The van der Waals surface area contributed by atoms with Crippen molar-refractivity contribution in [1.82, 2.24) is 4.90 Å². The molecule has 0 saturated carbocycles. The molecule has 1 fully saturated rings. The van der Waals surface area contributed by atoms with Gasteiger partial charge in [0.05, 0.1) is 24.0 Å². The highest BCUT2D eigenvalue weighted by atomic mass is 32.2. The van der Waals surface area contributed by atoms with Gasteiger partial charge in [-0.05, 0) is 19.4 Å². The Morgan fingerprint density at radius 3 is 2.78 bits per heavy atom. The van der Waals surface area contributed by atoms with Crippen LogP contribution < -0.4 is 0 Å². The minimum Gasteiger partial charge on any atom is -0.481 e. The molecule has 0 amide bonds. The molecule has 6 nitrogen and oxygen atoms in total. The molecule has 0 spiro atoms. The first-order valence-electron chi connectivity index (χ1n) is 5.98. The average molecular weight is 274 g/mol. The first kappa shape index (κ1) is 14.9. The van der Waals surface area contributed by atoms with Crippen molar-refractivity contribution in [3.63, 3.8) is 0 Å². The van der Waals surface area contributed by atoms with Crippen LogP contribution in [0.2, 0.25) is 0 Å². The fraction of sp³-hybridized carbons (Fsp3) is 0.818. The fourth-order valence-electron chi connectivity index (χ4n) is 2.12. The van der Waals surface area contributed by atoms with E-state index in [2.05, 4.69) is 6.07 Å². The van der Waals surface area contributed by atoms with Gasteiger partial charge in [0.25, 0.3) is 0 Å². The van der Waals surface area contributed by atoms with Gasteiger partial charge in [-0.2, -0.15) is 5.26 Å². The van der Waals surface area contributed by atoms with Crippen molar-refractivity contribution in [2.75, 3.05) is 24.6 Å². The maximum atomic E-state index is 11.5. The number of sulfone groups is 1. The predicted octanol–water partition coefficient (Wildman–Crippen LogP) is 0.254. The Balaban J connectivity index is 2.53. The summed E-state index contributed by atoms with van der Waals surface area (Å²) >= 11 is 0. The Morgan fingerprint density at radius 1 is 1.44 bits per heavy atom. The summed E-state index contributed by atoms with van der Waals surface area (Å²) < 4.78 is 23.0. The van der Waals surface area contributed by atoms with Gasteiger partial charge in [-0.1, -0.05) is 0 Å². The summed E-state index contributed by atoms with van der Waals surface area (Å²) in [5.74, 6) is -0.946. The van der Waals surface area contributed by atoms with Gasteiger partial charge in [-0.25, -0.2) is 8.42 Å². The molecule has 1 unspecified atom stereocenters. The lowest BCUT2D eigenvalue weighted by atomic mass is 10.1. The molecule has 102 valence electrons. The van der Waals surface area contributed by atoms with Crippen molar-refractivity contribution in [1.29, 1.82) is 5.26 Å². The lowest BCUT2D eigenvalue weighted by Crippen LogP contribution is -2.49. The summed E-state index contributed by atoms with van der Waals surface area (Å²) in [7, 11) is -3.10. The van der Waals surface area contributed by atoms with E-state index in [0.29, 0.717) is 19.5 Å². The normalized spacial score (nSPS) is 23.4. The van der Waals surface area contributed by atoms with E-state index >= 15 is 0 Å². The van der Waals surface area contributed by atoms with Crippen LogP contribution in [-0.4, -0.2) is 55.0 Å². The topological polar surface area (TPSA) is 98.5 Å². The molecule has 0 radical (unpaired) electrons. The molecule has 1 saturated heterocycles. The van der Waals surface area contributed by atoms with Gasteiger partial charge in [-0.15, -0.1) is 0 Å². The van der Waals surface area contributed by atoms with Crippen molar-refractivity contribution >= 4 is 15.8 Å². The van der Waals surface area contributed by atoms with Crippen molar-refractivity contribution in [2.24, 2.45) is 0 Å². The van der Waals surface area contributed by atoms with Gasteiger partial charge in [-0.3, -0.25) is 9.69 Å². The number of unbranched alkanes of at least 4 members (excludes halogenated alkanes) is 2. The second-order valence-corrected chi connectivity index (χ2v) is 6.75. The van der Waals surface area contributed by atoms with Crippen molar-refractivity contribution in [3.05, 3.63) is 0 Å². The standard InChI is InChI=1S/C11H18N2O4S/c12-4-2-1-3-5-13-6-7-18(16,17)9-10(13)8-11(14)15/h10H,1-3,5-9H2,(H,14,15). The van der Waals surface area contributed by atoms with E-state index in [1.54, 1.807) is 0 Å². The highest BCUT2D eigenvalue weighted by Gasteiger charge is 2.32. The molecule has 0 aliphatic carbocycles. The van der Waals surface area contributed by atoms with Crippen LogP contribution in [0.5, 0.6) is 0 Å². The SMILES string of the molecule is N#CCCCCN1CCS(=O)(=O)CC1CC(=O)O. The molecule has 0 aromatic heterocycles. The number of aliphatic carboxylic acids is 1. The van der Waals surface area contributed by atoms with E-state index in [9.17, 15) is 13.2 Å². The molecular weight excluding hydrogens is 256 g/mol. The Bertz CT molecular complexity index is 427. The summed E-state index contributed by atoms with van der Waals surface area (Å²) in [6, 6.07) is 1.63. The third-order valence-electron chi connectivity index (χ3n) is 3.05. The van der Waals surface area contributed by atoms with Crippen LogP contribution in [0.3, 0.4) is 0 Å². The van der Waals surface area contributed by atoms with E-state index in [-0.39, 0.29) is 17.9 Å². The molecule has 1 N–H and O–H groups in total. The molecule has 0 aromatic carbocycles. The minimum atomic E-state index is -3.10. The minimum absolute atomic E-state index is 0.0719. The van der Waals surface area contributed by atoms with Crippen molar-refractivity contribution < 1.29 is 18.3 Å². The van der Waals surface area contributed by atoms with Crippen LogP contribution in [0.4, 0.5) is 0 Å². The number of carboxylic acids is 1. The van der Waals surface area contributed by atoms with Gasteiger partial charge < -0.3 is 5.11 Å². The second-order valence-electron chi connectivity index (χ2n) is 4.52. The third kappa shape index (κ3) is 5.02. The highest BCUT2D eigenvalue weighted by molar-refractivity contribution is 7.91. The van der Waals surface area contributed by atoms with Crippen LogP contribution in [0.25, 0.3) is 0 Å². The lowest BCUT2D eigenvalue weighted by molar-refractivity contribution is -0.138. The van der Waals surface area contributed by atoms with Gasteiger partial charge in [0, 0.05) is 19.0 Å². The number of hydrogen-bond acceptors (Lipinski definition) is 5. The largest absolute Gasteiger partial charge is 0.481 e. The molecule has 1 heterocycles. The van der Waals surface area contributed by atoms with E-state index in [1.807, 2.05) is 4.90 Å². The Hall–Kier alpha value is -1.13. The van der Waals surface area contributed by atoms with Crippen molar-refractivity contribution in [2.45, 2.75) is 31.7 Å². The number of nitrogens with zero attached hydrogens (tertiary/aromatic N) is 2. The molecule has 1 rings (SSSR count). The Kier molecular flexibility index (Phi) is 5.56. The first-order chi connectivity index (χ1) is 8.44. The fourth-order valence-corrected chi connectivity index (χ4v) is 3.72. The number of carboxylic acid groups (broad SMARTS) is 1. The smallest absolute Gasteiger partial charge is 0.304 e. The van der Waals surface area contributed by atoms with Crippen molar-refractivity contribution in [3.8, 4) is 6.07 Å². The quantitative estimate of drug-likeness (QED) is 0.697. The van der Waals surface area contributed by atoms with E-state index in [0.717, 1.165) is 12.8 Å². The van der Waals surface area contributed by atoms with Crippen LogP contribution in [0.15, 0.2) is 0 Å². The monoisotopic (exact) mass is 274 g/mol. The van der Waals surface area contributed by atoms with E-state index < -0.39 is 21.8 Å². The lowest BCUT2D eigenvalue weighted by Gasteiger charge is -2.34. The zero-order chi connectivity index (χ0) is 13.6. The molecule has 18 heavy (non-hydrogen) atoms. The van der Waals surface area contributed by atoms with Crippen LogP contribution in [-0.2, 0) is 14.6 Å². The number of hydrogen-bond donors (Lipinski definition) is 1. The summed E-state index contributed by atoms with van der Waals surface area (Å²) in [6.45, 7) is 1.06. The second kappa shape index (κ2) is 6.71. The van der Waals surface area contributed by atoms with E-state index in [4.69, 9.17) is 10.4 Å². The molecule has 0 bridgehead atoms. The number of nitriles is 1. The van der Waals surface area contributed by atoms with Gasteiger partial charge >= 0.3 is 5.97 Å². The molecule has 1 aliphatic heterocycles. The van der Waals surface area contributed by atoms with Crippen LogP contribution in [0.1, 0.15) is 25.7 Å². The zero-order valence-corrected chi connectivity index (χ0v) is 11.0. The molecular formula is C11H18N2O4S. The predicted molar refractivity (Wildman–Crippen MR) is 65.7 cm³/mol. The van der Waals surface area contributed by atoms with Crippen LogP contribution in [0, 0.1) is 11.3 Å². The van der Waals surface area contributed by atoms with Gasteiger partial charge in [0.2, 0.25) is 0 Å². The van der Waals surface area contributed by atoms with Gasteiger partial charge in [0.1, 0.15) is 0 Å². The van der Waals surface area contributed by atoms with E-state index in [1.165, 1.54) is 0 Å². The maximum Gasteiger partial charge on any atom is 0.304 e. The number of rotatable bonds is 6. The zero-order valence-electron chi connectivity index (χ0n) is 10.2. The maximum absolute atomic E-state index is 11.5. The molecule has 0 aromatic rings. The summed E-state index contributed by atoms with van der Waals surface area (Å²) in [5, 5.41) is 17.2.